The number of anilines is 1. The largest absolute Gasteiger partial charge is 0.326 e. The lowest BCUT2D eigenvalue weighted by Crippen LogP contribution is -2.28. The maximum atomic E-state index is 12.7. The van der Waals surface area contributed by atoms with Crippen molar-refractivity contribution < 1.29 is 4.79 Å². The molecule has 0 unspecified atom stereocenters. The van der Waals surface area contributed by atoms with Crippen LogP contribution in [-0.4, -0.2) is 13.0 Å². The average Bonchev–Trinajstić information content (AvgIpc) is 2.53. The normalized spacial score (nSPS) is 10.3. The van der Waals surface area contributed by atoms with Crippen LogP contribution in [0.3, 0.4) is 0 Å². The maximum absolute atomic E-state index is 12.7. The number of nitrogens with two attached hydrogens (primary N) is 1. The molecule has 2 aromatic rings. The monoisotopic (exact) mass is 268 g/mol. The summed E-state index contributed by atoms with van der Waals surface area (Å²) in [6, 6.07) is 15.5. The number of amides is 1. The Balaban J connectivity index is 2.38. The summed E-state index contributed by atoms with van der Waals surface area (Å²) >= 11 is 0. The van der Waals surface area contributed by atoms with Crippen LogP contribution < -0.4 is 10.6 Å². The van der Waals surface area contributed by atoms with E-state index in [9.17, 15) is 4.79 Å². The molecule has 20 heavy (non-hydrogen) atoms. The average molecular weight is 268 g/mol. The van der Waals surface area contributed by atoms with Crippen LogP contribution in [0, 0.1) is 0 Å². The molecule has 0 aliphatic heterocycles. The number of benzene rings is 2. The Morgan fingerprint density at radius 2 is 1.65 bits per heavy atom. The number of rotatable bonds is 4. The molecule has 0 radical (unpaired) electrons. The number of carbonyl (C=O) groups excluding carboxylic acids is 1. The molecule has 0 fully saturated rings. The van der Waals surface area contributed by atoms with E-state index in [4.69, 9.17) is 5.73 Å². The van der Waals surface area contributed by atoms with Crippen LogP contribution in [0.1, 0.15) is 28.4 Å². The van der Waals surface area contributed by atoms with Crippen molar-refractivity contribution in [3.63, 3.8) is 0 Å². The van der Waals surface area contributed by atoms with Crippen LogP contribution in [0.5, 0.6) is 0 Å². The molecule has 0 aromatic heterocycles. The fourth-order valence-corrected chi connectivity index (χ4v) is 2.34. The van der Waals surface area contributed by atoms with Crippen LogP contribution in [0.4, 0.5) is 5.69 Å². The fourth-order valence-electron chi connectivity index (χ4n) is 2.34. The number of carbonyl (C=O) groups is 1. The molecule has 3 nitrogen and oxygen atoms in total. The minimum absolute atomic E-state index is 0.00310. The van der Waals surface area contributed by atoms with Crippen molar-refractivity contribution in [1.29, 1.82) is 0 Å². The van der Waals surface area contributed by atoms with Gasteiger partial charge in [0.05, 0.1) is 0 Å². The molecular formula is C17H20N2O. The molecule has 0 aliphatic rings. The molecule has 0 saturated heterocycles. The third-order valence-corrected chi connectivity index (χ3v) is 3.51. The predicted octanol–water partition coefficient (Wildman–Crippen LogP) is 2.98. The molecule has 2 aromatic carbocycles. The van der Waals surface area contributed by atoms with Gasteiger partial charge in [0, 0.05) is 24.8 Å². The first-order valence-corrected chi connectivity index (χ1v) is 6.83. The van der Waals surface area contributed by atoms with E-state index in [1.54, 1.807) is 11.9 Å². The molecular weight excluding hydrogens is 248 g/mol. The van der Waals surface area contributed by atoms with Crippen LogP contribution in [-0.2, 0) is 13.0 Å². The zero-order valence-corrected chi connectivity index (χ0v) is 12.0. The number of nitrogens with zero attached hydrogens (tertiary/aromatic N) is 1. The van der Waals surface area contributed by atoms with Gasteiger partial charge in [-0.1, -0.05) is 43.3 Å². The van der Waals surface area contributed by atoms with E-state index in [-0.39, 0.29) is 5.91 Å². The Kier molecular flexibility index (Phi) is 4.53. The van der Waals surface area contributed by atoms with Crippen molar-refractivity contribution >= 4 is 11.6 Å². The number of para-hydroxylation sites is 1. The van der Waals surface area contributed by atoms with E-state index in [0.717, 1.165) is 28.8 Å². The highest BCUT2D eigenvalue weighted by Gasteiger charge is 2.17. The third-order valence-electron chi connectivity index (χ3n) is 3.51. The molecule has 2 N–H and O–H groups in total. The smallest absolute Gasteiger partial charge is 0.258 e. The van der Waals surface area contributed by atoms with E-state index in [1.165, 1.54) is 0 Å². The van der Waals surface area contributed by atoms with Gasteiger partial charge in [-0.2, -0.15) is 0 Å². The maximum Gasteiger partial charge on any atom is 0.258 e. The van der Waals surface area contributed by atoms with Gasteiger partial charge in [-0.3, -0.25) is 4.79 Å². The Morgan fingerprint density at radius 1 is 1.05 bits per heavy atom. The molecule has 104 valence electrons. The summed E-state index contributed by atoms with van der Waals surface area (Å²) in [6.07, 6.45) is 0.842. The first-order chi connectivity index (χ1) is 9.69. The standard InChI is InChI=1S/C17H20N2O/c1-3-13-8-4-6-10-15(13)17(20)19(2)16-11-7-5-9-14(16)12-18/h4-11H,3,12,18H2,1-2H3. The van der Waals surface area contributed by atoms with Crippen molar-refractivity contribution in [2.24, 2.45) is 5.73 Å². The molecule has 1 amide bonds. The van der Waals surface area contributed by atoms with Gasteiger partial charge in [0.2, 0.25) is 0 Å². The Bertz CT molecular complexity index is 607. The van der Waals surface area contributed by atoms with Crippen molar-refractivity contribution in [3.8, 4) is 0 Å². The highest BCUT2D eigenvalue weighted by atomic mass is 16.2. The summed E-state index contributed by atoms with van der Waals surface area (Å²) in [5.74, 6) is 0.00310. The summed E-state index contributed by atoms with van der Waals surface area (Å²) in [5.41, 5.74) is 9.40. The first-order valence-electron chi connectivity index (χ1n) is 6.83. The topological polar surface area (TPSA) is 46.3 Å². The minimum atomic E-state index is 0.00310. The highest BCUT2D eigenvalue weighted by molar-refractivity contribution is 6.07. The van der Waals surface area contributed by atoms with Gasteiger partial charge in [-0.25, -0.2) is 0 Å². The first kappa shape index (κ1) is 14.3. The Hall–Kier alpha value is -2.13. The molecule has 0 bridgehead atoms. The van der Waals surface area contributed by atoms with Gasteiger partial charge >= 0.3 is 0 Å². The second-order valence-electron chi connectivity index (χ2n) is 4.71. The lowest BCUT2D eigenvalue weighted by atomic mass is 10.0. The lowest BCUT2D eigenvalue weighted by molar-refractivity contribution is 0.0992. The van der Waals surface area contributed by atoms with Gasteiger partial charge in [-0.05, 0) is 29.7 Å². The molecule has 2 rings (SSSR count). The SMILES string of the molecule is CCc1ccccc1C(=O)N(C)c1ccccc1CN. The van der Waals surface area contributed by atoms with E-state index in [1.807, 2.05) is 48.5 Å². The molecule has 0 heterocycles. The number of hydrogen-bond donors (Lipinski definition) is 1. The van der Waals surface area contributed by atoms with E-state index >= 15 is 0 Å². The van der Waals surface area contributed by atoms with Crippen LogP contribution >= 0.6 is 0 Å². The van der Waals surface area contributed by atoms with Crippen molar-refractivity contribution in [3.05, 3.63) is 65.2 Å². The second-order valence-corrected chi connectivity index (χ2v) is 4.71. The number of hydrogen-bond acceptors (Lipinski definition) is 2. The van der Waals surface area contributed by atoms with Crippen molar-refractivity contribution in [1.82, 2.24) is 0 Å². The van der Waals surface area contributed by atoms with Gasteiger partial charge in [-0.15, -0.1) is 0 Å². The van der Waals surface area contributed by atoms with Gasteiger partial charge in [0.15, 0.2) is 0 Å². The van der Waals surface area contributed by atoms with E-state index < -0.39 is 0 Å². The van der Waals surface area contributed by atoms with Gasteiger partial charge < -0.3 is 10.6 Å². The quantitative estimate of drug-likeness (QED) is 0.926. The highest BCUT2D eigenvalue weighted by Crippen LogP contribution is 2.22. The van der Waals surface area contributed by atoms with Gasteiger partial charge in [0.1, 0.15) is 0 Å². The van der Waals surface area contributed by atoms with Crippen molar-refractivity contribution in [2.45, 2.75) is 19.9 Å². The summed E-state index contributed by atoms with van der Waals surface area (Å²) < 4.78 is 0. The van der Waals surface area contributed by atoms with E-state index in [0.29, 0.717) is 6.54 Å². The third kappa shape index (κ3) is 2.73. The number of aryl methyl sites for hydroxylation is 1. The van der Waals surface area contributed by atoms with Crippen LogP contribution in [0.2, 0.25) is 0 Å². The summed E-state index contributed by atoms with van der Waals surface area (Å²) in [4.78, 5) is 14.4. The second kappa shape index (κ2) is 6.35. The Labute approximate surface area is 120 Å². The van der Waals surface area contributed by atoms with Gasteiger partial charge in [0.25, 0.3) is 5.91 Å². The van der Waals surface area contributed by atoms with Crippen LogP contribution in [0.25, 0.3) is 0 Å². The zero-order valence-electron chi connectivity index (χ0n) is 12.0. The Morgan fingerprint density at radius 3 is 2.30 bits per heavy atom. The molecule has 3 heteroatoms. The molecule has 0 spiro atoms. The lowest BCUT2D eigenvalue weighted by Gasteiger charge is -2.21. The molecule has 0 saturated carbocycles. The summed E-state index contributed by atoms with van der Waals surface area (Å²) in [7, 11) is 1.79. The van der Waals surface area contributed by atoms with E-state index in [2.05, 4.69) is 6.92 Å². The zero-order chi connectivity index (χ0) is 14.5. The summed E-state index contributed by atoms with van der Waals surface area (Å²) in [6.45, 7) is 2.48. The molecule has 0 atom stereocenters. The minimum Gasteiger partial charge on any atom is -0.326 e. The fraction of sp³-hybridized carbons (Fsp3) is 0.235. The summed E-state index contributed by atoms with van der Waals surface area (Å²) in [5, 5.41) is 0. The van der Waals surface area contributed by atoms with Crippen molar-refractivity contribution in [2.75, 3.05) is 11.9 Å². The van der Waals surface area contributed by atoms with Crippen LogP contribution in [0.15, 0.2) is 48.5 Å². The predicted molar refractivity (Wildman–Crippen MR) is 82.9 cm³/mol. The molecule has 0 aliphatic carbocycles.